The molecule has 0 aromatic heterocycles. The van der Waals surface area contributed by atoms with Crippen LogP contribution in [0.3, 0.4) is 0 Å². The van der Waals surface area contributed by atoms with Gasteiger partial charge < -0.3 is 4.74 Å². The maximum atomic E-state index is 5.43. The van der Waals surface area contributed by atoms with Gasteiger partial charge in [-0.25, -0.2) is 0 Å². The van der Waals surface area contributed by atoms with Crippen LogP contribution in [-0.4, -0.2) is 7.11 Å². The molecule has 0 radical (unpaired) electrons. The molecular weight excluding hydrogens is 244 g/mol. The summed E-state index contributed by atoms with van der Waals surface area (Å²) in [5.41, 5.74) is 9.31. The van der Waals surface area contributed by atoms with Gasteiger partial charge in [-0.2, -0.15) is 0 Å². The summed E-state index contributed by atoms with van der Waals surface area (Å²) in [6.07, 6.45) is 0.980. The van der Waals surface area contributed by atoms with Gasteiger partial charge in [0.2, 0.25) is 0 Å². The molecule has 1 heteroatoms. The third-order valence-corrected chi connectivity index (χ3v) is 4.12. The largest absolute Gasteiger partial charge is 0.496 e. The first-order chi connectivity index (χ1) is 9.42. The van der Waals surface area contributed by atoms with Crippen LogP contribution < -0.4 is 4.74 Å². The van der Waals surface area contributed by atoms with E-state index in [9.17, 15) is 0 Å². The molecule has 2 aromatic rings. The van der Waals surface area contributed by atoms with Gasteiger partial charge in [0.15, 0.2) is 0 Å². The van der Waals surface area contributed by atoms with E-state index in [4.69, 9.17) is 4.74 Å². The van der Waals surface area contributed by atoms with Gasteiger partial charge in [0, 0.05) is 0 Å². The zero-order valence-corrected chi connectivity index (χ0v) is 13.4. The van der Waals surface area contributed by atoms with Crippen molar-refractivity contribution in [3.05, 3.63) is 63.2 Å². The maximum absolute atomic E-state index is 5.43. The Kier molecular flexibility index (Phi) is 4.17. The first kappa shape index (κ1) is 14.6. The quantitative estimate of drug-likeness (QED) is 0.775. The molecule has 1 nitrogen and oxygen atoms in total. The Bertz CT molecular complexity index is 592. The first-order valence-corrected chi connectivity index (χ1v) is 7.13. The van der Waals surface area contributed by atoms with Gasteiger partial charge in [0.25, 0.3) is 0 Å². The van der Waals surface area contributed by atoms with Crippen LogP contribution >= 0.6 is 0 Å². The van der Waals surface area contributed by atoms with E-state index in [0.29, 0.717) is 0 Å². The second-order valence-electron chi connectivity index (χ2n) is 5.79. The van der Waals surface area contributed by atoms with E-state index in [0.717, 1.165) is 12.2 Å². The lowest BCUT2D eigenvalue weighted by Crippen LogP contribution is -1.97. The number of ether oxygens (including phenoxy) is 1. The van der Waals surface area contributed by atoms with E-state index in [1.54, 1.807) is 7.11 Å². The highest BCUT2D eigenvalue weighted by molar-refractivity contribution is 5.45. The molecule has 2 rings (SSSR count). The fraction of sp³-hybridized carbons (Fsp3) is 0.368. The molecule has 0 N–H and O–H groups in total. The van der Waals surface area contributed by atoms with Gasteiger partial charge >= 0.3 is 0 Å². The summed E-state index contributed by atoms with van der Waals surface area (Å²) >= 11 is 0. The zero-order valence-electron chi connectivity index (χ0n) is 13.4. The smallest absolute Gasteiger partial charge is 0.124 e. The number of methoxy groups -OCH3 is 1. The predicted octanol–water partition coefficient (Wildman–Crippen LogP) is 4.83. The monoisotopic (exact) mass is 268 g/mol. The second-order valence-corrected chi connectivity index (χ2v) is 5.79. The lowest BCUT2D eigenvalue weighted by Gasteiger charge is -2.13. The summed E-state index contributed by atoms with van der Waals surface area (Å²) < 4.78 is 5.43. The summed E-state index contributed by atoms with van der Waals surface area (Å²) in [5.74, 6) is 1.00. The summed E-state index contributed by atoms with van der Waals surface area (Å²) in [6.45, 7) is 10.8. The summed E-state index contributed by atoms with van der Waals surface area (Å²) in [7, 11) is 1.74. The molecule has 0 spiro atoms. The lowest BCUT2D eigenvalue weighted by atomic mass is 9.95. The van der Waals surface area contributed by atoms with E-state index in [-0.39, 0.29) is 0 Å². The Morgan fingerprint density at radius 1 is 0.700 bits per heavy atom. The first-order valence-electron chi connectivity index (χ1n) is 7.13. The molecule has 106 valence electrons. The Labute approximate surface area is 122 Å². The molecule has 0 bridgehead atoms. The molecule has 0 aliphatic heterocycles. The lowest BCUT2D eigenvalue weighted by molar-refractivity contribution is 0.408. The standard InChI is InChI=1S/C19H24O/c1-12-7-17(8-13(2)16(12)5)11-18-9-14(3)19(20-6)15(4)10-18/h7-10H,11H2,1-6H3. The Hall–Kier alpha value is -1.76. The Balaban J connectivity index is 2.35. The van der Waals surface area contributed by atoms with Crippen molar-refractivity contribution >= 4 is 0 Å². The molecule has 0 amide bonds. The molecule has 0 unspecified atom stereocenters. The van der Waals surface area contributed by atoms with Crippen LogP contribution in [-0.2, 0) is 6.42 Å². The van der Waals surface area contributed by atoms with Crippen LogP contribution in [0.5, 0.6) is 5.75 Å². The predicted molar refractivity (Wildman–Crippen MR) is 85.9 cm³/mol. The average molecular weight is 268 g/mol. The summed E-state index contributed by atoms with van der Waals surface area (Å²) in [6, 6.07) is 9.07. The van der Waals surface area contributed by atoms with Crippen molar-refractivity contribution in [2.75, 3.05) is 7.11 Å². The highest BCUT2D eigenvalue weighted by Crippen LogP contribution is 2.26. The number of aryl methyl sites for hydroxylation is 4. The van der Waals surface area contributed by atoms with Crippen LogP contribution in [0.2, 0.25) is 0 Å². The van der Waals surface area contributed by atoms with Crippen molar-refractivity contribution in [3.8, 4) is 5.75 Å². The van der Waals surface area contributed by atoms with Crippen molar-refractivity contribution in [3.63, 3.8) is 0 Å². The second kappa shape index (κ2) is 5.70. The molecule has 0 aliphatic rings. The normalized spacial score (nSPS) is 10.7. The topological polar surface area (TPSA) is 9.23 Å². The Morgan fingerprint density at radius 2 is 1.10 bits per heavy atom. The minimum absolute atomic E-state index is 0.980. The van der Waals surface area contributed by atoms with E-state index < -0.39 is 0 Å². The van der Waals surface area contributed by atoms with Crippen LogP contribution in [0.15, 0.2) is 24.3 Å². The van der Waals surface area contributed by atoms with Crippen molar-refractivity contribution in [1.82, 2.24) is 0 Å². The van der Waals surface area contributed by atoms with Gasteiger partial charge in [-0.1, -0.05) is 24.3 Å². The van der Waals surface area contributed by atoms with Crippen LogP contribution in [0.25, 0.3) is 0 Å². The molecule has 0 aliphatic carbocycles. The van der Waals surface area contributed by atoms with Crippen molar-refractivity contribution in [2.24, 2.45) is 0 Å². The minimum Gasteiger partial charge on any atom is -0.496 e. The zero-order chi connectivity index (χ0) is 14.9. The molecule has 0 saturated heterocycles. The van der Waals surface area contributed by atoms with Crippen molar-refractivity contribution < 1.29 is 4.74 Å². The molecule has 0 heterocycles. The van der Waals surface area contributed by atoms with E-state index >= 15 is 0 Å². The van der Waals surface area contributed by atoms with E-state index in [1.807, 2.05) is 0 Å². The Morgan fingerprint density at radius 3 is 1.50 bits per heavy atom. The highest BCUT2D eigenvalue weighted by Gasteiger charge is 2.07. The van der Waals surface area contributed by atoms with Gasteiger partial charge in [0.1, 0.15) is 5.75 Å². The van der Waals surface area contributed by atoms with Crippen molar-refractivity contribution in [2.45, 2.75) is 41.0 Å². The van der Waals surface area contributed by atoms with Crippen LogP contribution in [0.1, 0.15) is 38.9 Å². The third-order valence-electron chi connectivity index (χ3n) is 4.12. The minimum atomic E-state index is 0.980. The van der Waals surface area contributed by atoms with Crippen LogP contribution in [0.4, 0.5) is 0 Å². The number of rotatable bonds is 3. The molecule has 0 atom stereocenters. The molecule has 0 saturated carbocycles. The number of hydrogen-bond acceptors (Lipinski definition) is 1. The van der Waals surface area contributed by atoms with Gasteiger partial charge in [-0.05, 0) is 80.0 Å². The van der Waals surface area contributed by atoms with Crippen molar-refractivity contribution in [1.29, 1.82) is 0 Å². The van der Waals surface area contributed by atoms with Gasteiger partial charge in [0.05, 0.1) is 7.11 Å². The molecule has 0 fully saturated rings. The van der Waals surface area contributed by atoms with Crippen LogP contribution in [0, 0.1) is 34.6 Å². The molecular formula is C19H24O. The molecule has 20 heavy (non-hydrogen) atoms. The SMILES string of the molecule is COc1c(C)cc(Cc2cc(C)c(C)c(C)c2)cc1C. The number of benzene rings is 2. The fourth-order valence-corrected chi connectivity index (χ4v) is 2.93. The number of hydrogen-bond donors (Lipinski definition) is 0. The van der Waals surface area contributed by atoms with Gasteiger partial charge in [-0.3, -0.25) is 0 Å². The average Bonchev–Trinajstić information content (AvgIpc) is 2.35. The van der Waals surface area contributed by atoms with Gasteiger partial charge in [-0.15, -0.1) is 0 Å². The summed E-state index contributed by atoms with van der Waals surface area (Å²) in [4.78, 5) is 0. The fourth-order valence-electron chi connectivity index (χ4n) is 2.93. The van der Waals surface area contributed by atoms with E-state index in [2.05, 4.69) is 58.9 Å². The third kappa shape index (κ3) is 2.87. The molecule has 2 aromatic carbocycles. The van der Waals surface area contributed by atoms with E-state index in [1.165, 1.54) is 38.9 Å². The summed E-state index contributed by atoms with van der Waals surface area (Å²) in [5, 5.41) is 0. The maximum Gasteiger partial charge on any atom is 0.124 e. The highest BCUT2D eigenvalue weighted by atomic mass is 16.5.